The average Bonchev–Trinajstić information content (AvgIpc) is 2.83. The van der Waals surface area contributed by atoms with Crippen molar-refractivity contribution < 1.29 is 8.81 Å². The molecule has 108 valence electrons. The lowest BCUT2D eigenvalue weighted by Crippen LogP contribution is -2.06. The van der Waals surface area contributed by atoms with Crippen molar-refractivity contribution in [2.24, 2.45) is 0 Å². The van der Waals surface area contributed by atoms with Crippen LogP contribution < -0.4 is 11.1 Å². The van der Waals surface area contributed by atoms with E-state index in [-0.39, 0.29) is 5.82 Å². The van der Waals surface area contributed by atoms with Gasteiger partial charge in [0.2, 0.25) is 0 Å². The lowest BCUT2D eigenvalue weighted by atomic mass is 10.1. The summed E-state index contributed by atoms with van der Waals surface area (Å²) in [5.74, 6) is -0.208. The van der Waals surface area contributed by atoms with Crippen molar-refractivity contribution in [1.29, 1.82) is 0 Å². The van der Waals surface area contributed by atoms with Crippen LogP contribution in [0.5, 0.6) is 0 Å². The minimum Gasteiger partial charge on any atom is -0.424 e. The number of nitrogens with zero attached hydrogens (tertiary/aromatic N) is 1. The Morgan fingerprint density at radius 1 is 1.24 bits per heavy atom. The van der Waals surface area contributed by atoms with Crippen LogP contribution in [-0.2, 0) is 6.42 Å². The molecule has 3 aromatic rings. The van der Waals surface area contributed by atoms with Gasteiger partial charge < -0.3 is 15.5 Å². The zero-order valence-electron chi connectivity index (χ0n) is 11.7. The molecule has 0 atom stereocenters. The predicted octanol–water partition coefficient (Wildman–Crippen LogP) is 3.51. The van der Waals surface area contributed by atoms with Crippen molar-refractivity contribution in [1.82, 2.24) is 4.98 Å². The zero-order valence-corrected chi connectivity index (χ0v) is 11.7. The van der Waals surface area contributed by atoms with Crippen molar-refractivity contribution in [3.8, 4) is 0 Å². The summed E-state index contributed by atoms with van der Waals surface area (Å²) >= 11 is 0. The summed E-state index contributed by atoms with van der Waals surface area (Å²) < 4.78 is 18.6. The normalized spacial score (nSPS) is 11.0. The SMILES string of the molecule is Cc1cc(F)ccc1CCNc1nc2cc(N)ccc2o1. The predicted molar refractivity (Wildman–Crippen MR) is 81.8 cm³/mol. The molecule has 0 aliphatic carbocycles. The molecule has 0 aliphatic rings. The van der Waals surface area contributed by atoms with Crippen molar-refractivity contribution >= 4 is 22.8 Å². The van der Waals surface area contributed by atoms with Crippen molar-refractivity contribution in [2.75, 3.05) is 17.6 Å². The molecule has 1 aromatic heterocycles. The van der Waals surface area contributed by atoms with Gasteiger partial charge in [-0.25, -0.2) is 4.39 Å². The molecule has 3 rings (SSSR count). The van der Waals surface area contributed by atoms with Gasteiger partial charge in [-0.15, -0.1) is 0 Å². The van der Waals surface area contributed by atoms with Crippen molar-refractivity contribution in [2.45, 2.75) is 13.3 Å². The third-order valence-corrected chi connectivity index (χ3v) is 3.39. The van der Waals surface area contributed by atoms with Gasteiger partial charge in [0, 0.05) is 12.2 Å². The molecule has 1 heterocycles. The van der Waals surface area contributed by atoms with E-state index < -0.39 is 0 Å². The molecule has 4 nitrogen and oxygen atoms in total. The van der Waals surface area contributed by atoms with Crippen molar-refractivity contribution in [3.05, 3.63) is 53.3 Å². The van der Waals surface area contributed by atoms with Crippen LogP contribution in [0.15, 0.2) is 40.8 Å². The second kappa shape index (κ2) is 5.44. The molecule has 0 saturated carbocycles. The van der Waals surface area contributed by atoms with Gasteiger partial charge in [-0.3, -0.25) is 0 Å². The molecular weight excluding hydrogens is 269 g/mol. The molecule has 0 spiro atoms. The first-order chi connectivity index (χ1) is 10.1. The van der Waals surface area contributed by atoms with Gasteiger partial charge in [-0.1, -0.05) is 6.07 Å². The molecular formula is C16H16FN3O. The Morgan fingerprint density at radius 2 is 2.10 bits per heavy atom. The molecule has 0 amide bonds. The molecule has 0 fully saturated rings. The lowest BCUT2D eigenvalue weighted by Gasteiger charge is -2.06. The van der Waals surface area contributed by atoms with Gasteiger partial charge in [-0.2, -0.15) is 4.98 Å². The summed E-state index contributed by atoms with van der Waals surface area (Å²) in [6.07, 6.45) is 0.771. The summed E-state index contributed by atoms with van der Waals surface area (Å²) in [5.41, 5.74) is 9.84. The maximum Gasteiger partial charge on any atom is 0.295 e. The smallest absolute Gasteiger partial charge is 0.295 e. The number of oxazole rings is 1. The molecule has 0 aliphatic heterocycles. The van der Waals surface area contributed by atoms with Crippen LogP contribution in [0.4, 0.5) is 16.1 Å². The molecule has 0 bridgehead atoms. The lowest BCUT2D eigenvalue weighted by molar-refractivity contribution is 0.613. The highest BCUT2D eigenvalue weighted by molar-refractivity contribution is 5.78. The van der Waals surface area contributed by atoms with Gasteiger partial charge in [-0.05, 0) is 54.8 Å². The third-order valence-electron chi connectivity index (χ3n) is 3.39. The van der Waals surface area contributed by atoms with E-state index in [1.54, 1.807) is 24.3 Å². The number of nitrogens with two attached hydrogens (primary N) is 1. The molecule has 0 saturated heterocycles. The summed E-state index contributed by atoms with van der Waals surface area (Å²) in [6.45, 7) is 2.56. The molecule has 21 heavy (non-hydrogen) atoms. The number of rotatable bonds is 4. The minimum atomic E-state index is -0.208. The summed E-state index contributed by atoms with van der Waals surface area (Å²) in [7, 11) is 0. The number of aromatic nitrogens is 1. The van der Waals surface area contributed by atoms with E-state index in [1.165, 1.54) is 12.1 Å². The number of aryl methyl sites for hydroxylation is 1. The second-order valence-corrected chi connectivity index (χ2v) is 4.99. The fourth-order valence-electron chi connectivity index (χ4n) is 2.26. The Balaban J connectivity index is 1.66. The van der Waals surface area contributed by atoms with E-state index in [0.717, 1.165) is 23.1 Å². The van der Waals surface area contributed by atoms with E-state index in [2.05, 4.69) is 10.3 Å². The Labute approximate surface area is 121 Å². The monoisotopic (exact) mass is 285 g/mol. The van der Waals surface area contributed by atoms with Crippen LogP contribution in [0.25, 0.3) is 11.1 Å². The number of halogens is 1. The van der Waals surface area contributed by atoms with E-state index in [9.17, 15) is 4.39 Å². The summed E-state index contributed by atoms with van der Waals surface area (Å²) in [6, 6.07) is 10.6. The van der Waals surface area contributed by atoms with E-state index in [1.807, 2.05) is 6.92 Å². The standard InChI is InChI=1S/C16H16FN3O/c1-10-8-12(17)3-2-11(10)6-7-19-16-20-14-9-13(18)4-5-15(14)21-16/h2-5,8-9H,6-7,18H2,1H3,(H,19,20). The van der Waals surface area contributed by atoms with Gasteiger partial charge in [0.15, 0.2) is 5.58 Å². The summed E-state index contributed by atoms with van der Waals surface area (Å²) in [5, 5.41) is 3.13. The number of benzene rings is 2. The van der Waals surface area contributed by atoms with Gasteiger partial charge in [0.1, 0.15) is 11.3 Å². The maximum absolute atomic E-state index is 13.0. The van der Waals surface area contributed by atoms with Crippen LogP contribution in [0, 0.1) is 12.7 Å². The number of nitrogen functional groups attached to an aromatic ring is 1. The topological polar surface area (TPSA) is 64.1 Å². The maximum atomic E-state index is 13.0. The van der Waals surface area contributed by atoms with Gasteiger partial charge >= 0.3 is 0 Å². The molecule has 0 radical (unpaired) electrons. The fourth-order valence-corrected chi connectivity index (χ4v) is 2.26. The van der Waals surface area contributed by atoms with Crippen LogP contribution in [0.1, 0.15) is 11.1 Å². The van der Waals surface area contributed by atoms with E-state index in [4.69, 9.17) is 10.2 Å². The second-order valence-electron chi connectivity index (χ2n) is 4.99. The van der Waals surface area contributed by atoms with Crippen LogP contribution in [0.2, 0.25) is 0 Å². The third kappa shape index (κ3) is 2.97. The minimum absolute atomic E-state index is 0.208. The van der Waals surface area contributed by atoms with Crippen molar-refractivity contribution in [3.63, 3.8) is 0 Å². The van der Waals surface area contributed by atoms with Crippen LogP contribution in [-0.4, -0.2) is 11.5 Å². The Bertz CT molecular complexity index is 782. The molecule has 0 unspecified atom stereocenters. The largest absolute Gasteiger partial charge is 0.424 e. The number of hydrogen-bond acceptors (Lipinski definition) is 4. The van der Waals surface area contributed by atoms with E-state index in [0.29, 0.717) is 23.8 Å². The number of anilines is 2. The average molecular weight is 285 g/mol. The number of fused-ring (bicyclic) bond motifs is 1. The Hall–Kier alpha value is -2.56. The Morgan fingerprint density at radius 3 is 2.90 bits per heavy atom. The first-order valence-electron chi connectivity index (χ1n) is 6.77. The fraction of sp³-hybridized carbons (Fsp3) is 0.188. The zero-order chi connectivity index (χ0) is 14.8. The first-order valence-corrected chi connectivity index (χ1v) is 6.77. The Kier molecular flexibility index (Phi) is 3.48. The highest BCUT2D eigenvalue weighted by atomic mass is 19.1. The number of nitrogens with one attached hydrogen (secondary N) is 1. The molecule has 5 heteroatoms. The first kappa shape index (κ1) is 13.4. The molecule has 2 aromatic carbocycles. The van der Waals surface area contributed by atoms with E-state index >= 15 is 0 Å². The quantitative estimate of drug-likeness (QED) is 0.720. The van der Waals surface area contributed by atoms with Crippen LogP contribution >= 0.6 is 0 Å². The van der Waals surface area contributed by atoms with Crippen LogP contribution in [0.3, 0.4) is 0 Å². The highest BCUT2D eigenvalue weighted by Gasteiger charge is 2.06. The molecule has 3 N–H and O–H groups in total. The summed E-state index contributed by atoms with van der Waals surface area (Å²) in [4.78, 5) is 4.32. The van der Waals surface area contributed by atoms with Gasteiger partial charge in [0.05, 0.1) is 0 Å². The highest BCUT2D eigenvalue weighted by Crippen LogP contribution is 2.21. The van der Waals surface area contributed by atoms with Gasteiger partial charge in [0.25, 0.3) is 6.01 Å². The number of hydrogen-bond donors (Lipinski definition) is 2.